The molecule has 0 fully saturated rings. The fourth-order valence-corrected chi connectivity index (χ4v) is 5.66. The molecule has 12 heteroatoms. The molecule has 1 amide bonds. The van der Waals surface area contributed by atoms with E-state index >= 15 is 0 Å². The number of anilines is 1. The Morgan fingerprint density at radius 3 is 2.49 bits per heavy atom. The van der Waals surface area contributed by atoms with Gasteiger partial charge in [-0.3, -0.25) is 18.9 Å². The van der Waals surface area contributed by atoms with Crippen molar-refractivity contribution < 1.29 is 23.5 Å². The number of carbonyl (C=O) groups is 1. The molecule has 10 nitrogen and oxygen atoms in total. The minimum atomic E-state index is -2.29. The Hall–Kier alpha value is -3.58. The number of hydroxylamine groups is 1. The molecule has 0 radical (unpaired) electrons. The van der Waals surface area contributed by atoms with Gasteiger partial charge in [0.2, 0.25) is 5.91 Å². The topological polar surface area (TPSA) is 130 Å². The van der Waals surface area contributed by atoms with Gasteiger partial charge >= 0.3 is 0 Å². The third-order valence-electron chi connectivity index (χ3n) is 5.69. The highest BCUT2D eigenvalue weighted by Gasteiger charge is 2.22. The average Bonchev–Trinajstić information content (AvgIpc) is 3.57. The Kier molecular flexibility index (Phi) is 9.12. The monoisotopic (exact) mass is 569 g/mol. The van der Waals surface area contributed by atoms with Crippen molar-refractivity contribution in [2.45, 2.75) is 51.8 Å². The number of benzene rings is 2. The van der Waals surface area contributed by atoms with Gasteiger partial charge in [-0.1, -0.05) is 47.7 Å². The standard InChI is InChI=1S/C27H31N5O5S2/c1-27(2,3)37-23-11-9-19(10-12-23)15-22(16-25(33)29-34)31-17-21(28-30-31)18-32(39(35)36)26-14-13-24(38-26)20-7-5-4-6-8-20/h4-14,17,22,34H,15-16,18H2,1-3H3,(H,29,33)(H,35,36)/t22-/m0/s1. The summed E-state index contributed by atoms with van der Waals surface area (Å²) < 4.78 is 31.0. The highest BCUT2D eigenvalue weighted by atomic mass is 32.2. The van der Waals surface area contributed by atoms with Gasteiger partial charge in [0, 0.05) is 4.88 Å². The molecule has 0 spiro atoms. The van der Waals surface area contributed by atoms with Crippen LogP contribution in [-0.2, 0) is 29.0 Å². The van der Waals surface area contributed by atoms with Crippen LogP contribution < -0.4 is 14.5 Å². The minimum absolute atomic E-state index is 0.0373. The van der Waals surface area contributed by atoms with Crippen molar-refractivity contribution in [1.82, 2.24) is 20.5 Å². The largest absolute Gasteiger partial charge is 0.488 e. The lowest BCUT2D eigenvalue weighted by Gasteiger charge is -2.21. The van der Waals surface area contributed by atoms with E-state index in [0.717, 1.165) is 21.8 Å². The van der Waals surface area contributed by atoms with Gasteiger partial charge in [-0.25, -0.2) is 14.4 Å². The maximum atomic E-state index is 12.2. The SMILES string of the molecule is CC(C)(C)Oc1ccc(C[C@@H](CC(=O)NO)n2cc(CN(c3ccc(-c4ccccc4)s3)S(=O)O)nn2)cc1. The van der Waals surface area contributed by atoms with Crippen LogP contribution in [0.2, 0.25) is 0 Å². The highest BCUT2D eigenvalue weighted by molar-refractivity contribution is 7.81. The van der Waals surface area contributed by atoms with E-state index in [1.807, 2.05) is 81.4 Å². The van der Waals surface area contributed by atoms with Crippen molar-refractivity contribution in [3.8, 4) is 16.2 Å². The fraction of sp³-hybridized carbons (Fsp3) is 0.296. The number of thiophene rings is 1. The number of hydrogen-bond acceptors (Lipinski definition) is 7. The number of carbonyl (C=O) groups excluding carboxylic acids is 1. The van der Waals surface area contributed by atoms with Crippen LogP contribution in [0.1, 0.15) is 44.5 Å². The summed E-state index contributed by atoms with van der Waals surface area (Å²) in [5.74, 6) is 0.176. The summed E-state index contributed by atoms with van der Waals surface area (Å²) in [6.07, 6.45) is 2.05. The van der Waals surface area contributed by atoms with Crippen LogP contribution in [0.3, 0.4) is 0 Å². The van der Waals surface area contributed by atoms with Gasteiger partial charge in [-0.15, -0.1) is 16.4 Å². The molecule has 2 atom stereocenters. The highest BCUT2D eigenvalue weighted by Crippen LogP contribution is 2.34. The maximum absolute atomic E-state index is 12.2. The third kappa shape index (κ3) is 7.96. The predicted octanol–water partition coefficient (Wildman–Crippen LogP) is 5.01. The van der Waals surface area contributed by atoms with Crippen molar-refractivity contribution in [3.63, 3.8) is 0 Å². The second kappa shape index (κ2) is 12.5. The molecule has 2 aromatic carbocycles. The number of amides is 1. The summed E-state index contributed by atoms with van der Waals surface area (Å²) in [6.45, 7) is 5.96. The number of nitrogens with one attached hydrogen (secondary N) is 1. The number of hydrogen-bond donors (Lipinski definition) is 3. The Labute approximate surface area is 233 Å². The second-order valence-electron chi connectivity index (χ2n) is 9.92. The molecule has 0 aliphatic carbocycles. The van der Waals surface area contributed by atoms with Gasteiger partial charge in [0.15, 0.2) is 0 Å². The van der Waals surface area contributed by atoms with Crippen molar-refractivity contribution in [3.05, 3.63) is 84.2 Å². The first-order valence-electron chi connectivity index (χ1n) is 12.3. The molecule has 2 aromatic heterocycles. The number of rotatable bonds is 11. The molecular formula is C27H31N5O5S2. The number of nitrogens with zero attached hydrogens (tertiary/aromatic N) is 4. The Balaban J connectivity index is 1.51. The van der Waals surface area contributed by atoms with Crippen LogP contribution in [0.5, 0.6) is 5.75 Å². The van der Waals surface area contributed by atoms with Crippen LogP contribution in [-0.4, -0.2) is 40.5 Å². The quantitative estimate of drug-likeness (QED) is 0.132. The first-order valence-corrected chi connectivity index (χ1v) is 14.1. The summed E-state index contributed by atoms with van der Waals surface area (Å²) in [5, 5.41) is 18.1. The summed E-state index contributed by atoms with van der Waals surface area (Å²) in [7, 11) is 0. The molecule has 39 heavy (non-hydrogen) atoms. The molecule has 0 saturated heterocycles. The second-order valence-corrected chi connectivity index (χ2v) is 11.9. The Morgan fingerprint density at radius 1 is 1.13 bits per heavy atom. The van der Waals surface area contributed by atoms with Crippen molar-refractivity contribution in [2.24, 2.45) is 0 Å². The Morgan fingerprint density at radius 2 is 1.85 bits per heavy atom. The van der Waals surface area contributed by atoms with Gasteiger partial charge in [0.25, 0.3) is 11.3 Å². The van der Waals surface area contributed by atoms with Crippen LogP contribution >= 0.6 is 11.3 Å². The maximum Gasteiger partial charge on any atom is 0.262 e. The zero-order valence-corrected chi connectivity index (χ0v) is 23.5. The average molecular weight is 570 g/mol. The van der Waals surface area contributed by atoms with Crippen LogP contribution in [0.15, 0.2) is 72.9 Å². The van der Waals surface area contributed by atoms with Crippen molar-refractivity contribution in [1.29, 1.82) is 0 Å². The van der Waals surface area contributed by atoms with Gasteiger partial charge in [0.1, 0.15) is 22.0 Å². The van der Waals surface area contributed by atoms with E-state index in [4.69, 9.17) is 9.94 Å². The zero-order valence-electron chi connectivity index (χ0n) is 21.9. The molecule has 2 heterocycles. The molecular weight excluding hydrogens is 538 g/mol. The van der Waals surface area contributed by atoms with Gasteiger partial charge < -0.3 is 4.74 Å². The van der Waals surface area contributed by atoms with E-state index in [0.29, 0.717) is 17.1 Å². The number of ether oxygens (including phenoxy) is 1. The van der Waals surface area contributed by atoms with E-state index in [1.54, 1.807) is 22.4 Å². The van der Waals surface area contributed by atoms with Gasteiger partial charge in [0.05, 0.1) is 25.2 Å². The number of aromatic nitrogens is 3. The Bertz CT molecular complexity index is 1400. The molecule has 1 unspecified atom stereocenters. The molecule has 0 aliphatic rings. The normalized spacial score (nSPS) is 13.1. The van der Waals surface area contributed by atoms with E-state index in [1.165, 1.54) is 15.6 Å². The molecule has 0 bridgehead atoms. The van der Waals surface area contributed by atoms with E-state index < -0.39 is 23.2 Å². The molecule has 0 aliphatic heterocycles. The minimum Gasteiger partial charge on any atom is -0.488 e. The first kappa shape index (κ1) is 28.4. The van der Waals surface area contributed by atoms with Crippen LogP contribution in [0.4, 0.5) is 5.00 Å². The predicted molar refractivity (Wildman–Crippen MR) is 151 cm³/mol. The van der Waals surface area contributed by atoms with Crippen LogP contribution in [0.25, 0.3) is 10.4 Å². The fourth-order valence-electron chi connectivity index (χ4n) is 3.98. The summed E-state index contributed by atoms with van der Waals surface area (Å²) >= 11 is -0.894. The molecule has 3 N–H and O–H groups in total. The van der Waals surface area contributed by atoms with Crippen molar-refractivity contribution >= 4 is 33.5 Å². The van der Waals surface area contributed by atoms with E-state index in [-0.39, 0.29) is 18.6 Å². The van der Waals surface area contributed by atoms with E-state index in [9.17, 15) is 13.6 Å². The molecule has 4 rings (SSSR count). The summed E-state index contributed by atoms with van der Waals surface area (Å²) in [5.41, 5.74) is 3.77. The molecule has 206 valence electrons. The molecule has 4 aromatic rings. The molecule has 0 saturated carbocycles. The summed E-state index contributed by atoms with van der Waals surface area (Å²) in [4.78, 5) is 13.0. The van der Waals surface area contributed by atoms with Gasteiger partial charge in [-0.2, -0.15) is 0 Å². The first-order chi connectivity index (χ1) is 18.6. The lowest BCUT2D eigenvalue weighted by molar-refractivity contribution is -0.130. The summed E-state index contributed by atoms with van der Waals surface area (Å²) in [6, 6.07) is 20.6. The smallest absolute Gasteiger partial charge is 0.262 e. The van der Waals surface area contributed by atoms with Crippen molar-refractivity contribution in [2.75, 3.05) is 4.31 Å². The van der Waals surface area contributed by atoms with Gasteiger partial charge in [-0.05, 0) is 62.6 Å². The van der Waals surface area contributed by atoms with Crippen LogP contribution in [0, 0.1) is 0 Å². The van der Waals surface area contributed by atoms with E-state index in [2.05, 4.69) is 10.3 Å². The third-order valence-corrected chi connectivity index (χ3v) is 7.66. The zero-order chi connectivity index (χ0) is 28.0. The lowest BCUT2D eigenvalue weighted by atomic mass is 10.0. The lowest BCUT2D eigenvalue weighted by Crippen LogP contribution is -2.25.